The maximum Gasteiger partial charge on any atom is 0.171 e. The summed E-state index contributed by atoms with van der Waals surface area (Å²) in [7, 11) is 0. The molecular formula is C27H54NO3. The van der Waals surface area contributed by atoms with Gasteiger partial charge in [0.1, 0.15) is 0 Å². The number of unbranched alkanes of at least 4 members (excludes halogenated alkanes) is 10. The van der Waals surface area contributed by atoms with Crippen molar-refractivity contribution in [1.82, 2.24) is 5.06 Å². The van der Waals surface area contributed by atoms with Gasteiger partial charge in [0.2, 0.25) is 0 Å². The number of piperidine rings is 1. The zero-order valence-corrected chi connectivity index (χ0v) is 21.9. The Kier molecular flexibility index (Phi) is 13.9. The fraction of sp³-hybridized carbons (Fsp3) is 1.00. The summed E-state index contributed by atoms with van der Waals surface area (Å²) in [5.41, 5.74) is -0.878. The molecule has 0 aromatic carbocycles. The van der Waals surface area contributed by atoms with Crippen molar-refractivity contribution in [3.63, 3.8) is 0 Å². The van der Waals surface area contributed by atoms with Crippen molar-refractivity contribution in [2.24, 2.45) is 0 Å². The summed E-state index contributed by atoms with van der Waals surface area (Å²) in [4.78, 5) is 0. The van der Waals surface area contributed by atoms with Crippen molar-refractivity contribution < 1.29 is 14.7 Å². The summed E-state index contributed by atoms with van der Waals surface area (Å²) in [6.45, 7) is 14.4. The molecule has 0 atom stereocenters. The van der Waals surface area contributed by atoms with Gasteiger partial charge < -0.3 is 9.47 Å². The van der Waals surface area contributed by atoms with Gasteiger partial charge in [-0.05, 0) is 39.5 Å². The first-order chi connectivity index (χ1) is 14.8. The molecule has 0 aromatic rings. The van der Waals surface area contributed by atoms with E-state index < -0.39 is 16.9 Å². The summed E-state index contributed by atoms with van der Waals surface area (Å²) in [5.74, 6) is -0.622. The van der Waals surface area contributed by atoms with Crippen molar-refractivity contribution >= 4 is 0 Å². The van der Waals surface area contributed by atoms with Gasteiger partial charge in [0, 0.05) is 18.4 Å². The number of hydrogen-bond acceptors (Lipinski definition) is 3. The van der Waals surface area contributed by atoms with Gasteiger partial charge in [0.15, 0.2) is 5.79 Å². The Labute approximate surface area is 194 Å². The first-order valence-corrected chi connectivity index (χ1v) is 13.6. The summed E-state index contributed by atoms with van der Waals surface area (Å²) < 4.78 is 13.2. The van der Waals surface area contributed by atoms with Gasteiger partial charge in [0.25, 0.3) is 0 Å². The zero-order chi connectivity index (χ0) is 23.2. The summed E-state index contributed by atoms with van der Waals surface area (Å²) >= 11 is 0. The highest BCUT2D eigenvalue weighted by Gasteiger charge is 2.57. The van der Waals surface area contributed by atoms with Crippen LogP contribution in [-0.2, 0) is 14.7 Å². The average molecular weight is 441 g/mol. The molecule has 0 aliphatic carbocycles. The molecule has 4 nitrogen and oxygen atoms in total. The van der Waals surface area contributed by atoms with E-state index in [9.17, 15) is 5.21 Å². The van der Waals surface area contributed by atoms with Crippen LogP contribution in [0.5, 0.6) is 0 Å². The smallest absolute Gasteiger partial charge is 0.171 e. The van der Waals surface area contributed by atoms with Crippen molar-refractivity contribution in [1.29, 1.82) is 0 Å². The predicted octanol–water partition coefficient (Wildman–Crippen LogP) is 8.22. The molecule has 31 heavy (non-hydrogen) atoms. The van der Waals surface area contributed by atoms with Crippen molar-refractivity contribution in [3.05, 3.63) is 0 Å². The van der Waals surface area contributed by atoms with Crippen LogP contribution >= 0.6 is 0 Å². The molecule has 0 N–H and O–H groups in total. The number of hydrogen-bond donors (Lipinski definition) is 0. The molecule has 0 aromatic heterocycles. The van der Waals surface area contributed by atoms with Crippen LogP contribution in [0.3, 0.4) is 0 Å². The molecule has 1 aliphatic rings. The first-order valence-electron chi connectivity index (χ1n) is 13.6. The lowest BCUT2D eigenvalue weighted by molar-refractivity contribution is -0.369. The molecule has 1 fully saturated rings. The van der Waals surface area contributed by atoms with E-state index in [1.165, 1.54) is 69.3 Å². The minimum atomic E-state index is -0.622. The van der Waals surface area contributed by atoms with Crippen molar-refractivity contribution in [2.45, 2.75) is 161 Å². The Bertz CT molecular complexity index is 430. The van der Waals surface area contributed by atoms with Gasteiger partial charge in [0.05, 0.1) is 18.8 Å². The molecule has 1 rings (SSSR count). The van der Waals surface area contributed by atoms with E-state index in [1.54, 1.807) is 0 Å². The molecule has 1 saturated heterocycles. The average Bonchev–Trinajstić information content (AvgIpc) is 2.75. The topological polar surface area (TPSA) is 41.6 Å². The molecule has 1 aliphatic heterocycles. The SMILES string of the molecule is CCCCCCCCOC1(OCCCCCCCC)CC(C)(C)N([O])C(CC)(CC)C1. The Morgan fingerprint density at radius 2 is 1.06 bits per heavy atom. The lowest BCUT2D eigenvalue weighted by atomic mass is 9.73. The Morgan fingerprint density at radius 1 is 0.645 bits per heavy atom. The lowest BCUT2D eigenvalue weighted by Gasteiger charge is -2.56. The summed E-state index contributed by atoms with van der Waals surface area (Å²) in [6, 6.07) is 0. The molecule has 4 heteroatoms. The highest BCUT2D eigenvalue weighted by atomic mass is 16.7. The summed E-state index contributed by atoms with van der Waals surface area (Å²) in [6.07, 6.45) is 18.0. The van der Waals surface area contributed by atoms with Crippen molar-refractivity contribution in [3.8, 4) is 0 Å². The number of rotatable bonds is 18. The van der Waals surface area contributed by atoms with Gasteiger partial charge in [-0.25, -0.2) is 0 Å². The highest BCUT2D eigenvalue weighted by Crippen LogP contribution is 2.48. The molecule has 1 heterocycles. The molecule has 1 radical (unpaired) electrons. The number of ether oxygens (including phenoxy) is 2. The zero-order valence-electron chi connectivity index (χ0n) is 21.9. The predicted molar refractivity (Wildman–Crippen MR) is 131 cm³/mol. The molecule has 0 unspecified atom stereocenters. The summed E-state index contributed by atoms with van der Waals surface area (Å²) in [5, 5.41) is 14.7. The number of hydroxylamine groups is 2. The standard InChI is InChI=1S/C27H54NO3/c1-7-11-13-15-17-19-21-30-27(31-22-20-18-16-14-12-8-2)23-25(5,6)28(29)26(9-3,10-4)24-27/h7-24H2,1-6H3. The van der Waals surface area contributed by atoms with Crippen LogP contribution in [0.4, 0.5) is 0 Å². The Morgan fingerprint density at radius 3 is 1.48 bits per heavy atom. The quantitative estimate of drug-likeness (QED) is 0.159. The fourth-order valence-corrected chi connectivity index (χ4v) is 5.32. The second-order valence-electron chi connectivity index (χ2n) is 10.5. The third kappa shape index (κ3) is 9.31. The van der Waals surface area contributed by atoms with E-state index in [2.05, 4.69) is 41.5 Å². The lowest BCUT2D eigenvalue weighted by Crippen LogP contribution is -2.66. The molecule has 185 valence electrons. The van der Waals surface area contributed by atoms with E-state index in [4.69, 9.17) is 9.47 Å². The van der Waals surface area contributed by atoms with E-state index in [0.717, 1.165) is 38.9 Å². The first kappa shape index (κ1) is 28.9. The molecule has 0 saturated carbocycles. The monoisotopic (exact) mass is 440 g/mol. The molecular weight excluding hydrogens is 386 g/mol. The van der Waals surface area contributed by atoms with E-state index in [-0.39, 0.29) is 0 Å². The highest BCUT2D eigenvalue weighted by molar-refractivity contribution is 5.03. The van der Waals surface area contributed by atoms with E-state index in [0.29, 0.717) is 12.8 Å². The molecule has 0 amide bonds. The van der Waals surface area contributed by atoms with Gasteiger partial charge in [-0.2, -0.15) is 0 Å². The Balaban J connectivity index is 2.74. The van der Waals surface area contributed by atoms with E-state index in [1.807, 2.05) is 0 Å². The van der Waals surface area contributed by atoms with Crippen LogP contribution in [0.2, 0.25) is 0 Å². The molecule has 0 bridgehead atoms. The van der Waals surface area contributed by atoms with Crippen LogP contribution < -0.4 is 0 Å². The minimum Gasteiger partial charge on any atom is -0.350 e. The van der Waals surface area contributed by atoms with Gasteiger partial charge in [-0.1, -0.05) is 91.9 Å². The van der Waals surface area contributed by atoms with Crippen LogP contribution in [-0.4, -0.2) is 35.1 Å². The van der Waals surface area contributed by atoms with Gasteiger partial charge >= 0.3 is 0 Å². The van der Waals surface area contributed by atoms with Crippen LogP contribution in [0, 0.1) is 0 Å². The van der Waals surface area contributed by atoms with Crippen LogP contribution in [0.15, 0.2) is 0 Å². The van der Waals surface area contributed by atoms with Crippen molar-refractivity contribution in [2.75, 3.05) is 13.2 Å². The molecule has 0 spiro atoms. The van der Waals surface area contributed by atoms with Gasteiger partial charge in [-0.15, -0.1) is 10.3 Å². The fourth-order valence-electron chi connectivity index (χ4n) is 5.32. The second kappa shape index (κ2) is 14.9. The van der Waals surface area contributed by atoms with Crippen LogP contribution in [0.1, 0.15) is 144 Å². The van der Waals surface area contributed by atoms with Crippen LogP contribution in [0.25, 0.3) is 0 Å². The Hall–Kier alpha value is -0.160. The number of nitrogens with zero attached hydrogens (tertiary/aromatic N) is 1. The maximum absolute atomic E-state index is 13.3. The third-order valence-corrected chi connectivity index (χ3v) is 7.32. The van der Waals surface area contributed by atoms with E-state index >= 15 is 0 Å². The third-order valence-electron chi connectivity index (χ3n) is 7.32. The normalized spacial score (nSPS) is 20.2. The maximum atomic E-state index is 13.3. The van der Waals surface area contributed by atoms with Gasteiger partial charge in [-0.3, -0.25) is 0 Å². The largest absolute Gasteiger partial charge is 0.350 e. The second-order valence-corrected chi connectivity index (χ2v) is 10.5. The minimum absolute atomic E-state index is 0.399.